The highest BCUT2D eigenvalue weighted by atomic mass is 16.7. The molecule has 1 heterocycles. The normalized spacial score (nSPS) is 14.1. The molecule has 2 aromatic rings. The van der Waals surface area contributed by atoms with E-state index in [1.165, 1.54) is 12.1 Å². The third-order valence-electron chi connectivity index (χ3n) is 3.95. The lowest BCUT2D eigenvalue weighted by atomic mass is 10.1. The Balaban J connectivity index is 1.93. The van der Waals surface area contributed by atoms with Crippen LogP contribution in [0.5, 0.6) is 23.0 Å². The minimum absolute atomic E-state index is 0.0768. The highest BCUT2D eigenvalue weighted by Gasteiger charge is 2.24. The summed E-state index contributed by atoms with van der Waals surface area (Å²) in [5.41, 5.74) is 1.47. The van der Waals surface area contributed by atoms with E-state index in [1.807, 2.05) is 56.3 Å². The SMILES string of the molecule is CCN1CC=C(c2c(O)cc(O)cc2Oc2ccc(N(C)C)cc2)O1. The van der Waals surface area contributed by atoms with Gasteiger partial charge in [-0.15, -0.1) is 5.06 Å². The van der Waals surface area contributed by atoms with Gasteiger partial charge in [0, 0.05) is 38.5 Å². The molecule has 3 rings (SSSR count). The molecule has 6 heteroatoms. The predicted molar refractivity (Wildman–Crippen MR) is 96.9 cm³/mol. The van der Waals surface area contributed by atoms with E-state index in [0.29, 0.717) is 29.4 Å². The second kappa shape index (κ2) is 6.94. The van der Waals surface area contributed by atoms with Crippen LogP contribution in [0, 0.1) is 0 Å². The number of hydrogen-bond acceptors (Lipinski definition) is 6. The van der Waals surface area contributed by atoms with E-state index >= 15 is 0 Å². The number of aromatic hydroxyl groups is 2. The molecule has 132 valence electrons. The molecule has 0 bridgehead atoms. The topological polar surface area (TPSA) is 65.4 Å². The maximum Gasteiger partial charge on any atom is 0.159 e. The summed E-state index contributed by atoms with van der Waals surface area (Å²) in [5, 5.41) is 21.9. The van der Waals surface area contributed by atoms with E-state index in [2.05, 4.69) is 0 Å². The number of phenolic OH excluding ortho intramolecular Hbond substituents is 2. The number of rotatable bonds is 5. The van der Waals surface area contributed by atoms with Crippen molar-refractivity contribution in [3.8, 4) is 23.0 Å². The van der Waals surface area contributed by atoms with Crippen LogP contribution < -0.4 is 9.64 Å². The number of nitrogens with zero attached hydrogens (tertiary/aromatic N) is 2. The molecule has 2 aromatic carbocycles. The second-order valence-electron chi connectivity index (χ2n) is 5.97. The molecule has 0 spiro atoms. The van der Waals surface area contributed by atoms with Crippen LogP contribution in [-0.4, -0.2) is 42.5 Å². The Morgan fingerprint density at radius 3 is 2.48 bits per heavy atom. The lowest BCUT2D eigenvalue weighted by molar-refractivity contribution is -0.0562. The Labute approximate surface area is 147 Å². The maximum absolute atomic E-state index is 10.3. The molecule has 0 saturated carbocycles. The Bertz CT molecular complexity index is 785. The second-order valence-corrected chi connectivity index (χ2v) is 5.97. The fourth-order valence-electron chi connectivity index (χ4n) is 2.59. The fraction of sp³-hybridized carbons (Fsp3) is 0.263. The monoisotopic (exact) mass is 342 g/mol. The molecule has 25 heavy (non-hydrogen) atoms. The van der Waals surface area contributed by atoms with Gasteiger partial charge >= 0.3 is 0 Å². The lowest BCUT2D eigenvalue weighted by Crippen LogP contribution is -2.17. The van der Waals surface area contributed by atoms with E-state index in [-0.39, 0.29) is 11.5 Å². The number of anilines is 1. The van der Waals surface area contributed by atoms with Gasteiger partial charge in [0.1, 0.15) is 28.6 Å². The summed E-state index contributed by atoms with van der Waals surface area (Å²) in [6.45, 7) is 3.33. The van der Waals surface area contributed by atoms with Crippen LogP contribution in [0.3, 0.4) is 0 Å². The summed E-state index contributed by atoms with van der Waals surface area (Å²) in [6.07, 6.45) is 1.87. The van der Waals surface area contributed by atoms with Crippen molar-refractivity contribution in [2.75, 3.05) is 32.1 Å². The summed E-state index contributed by atoms with van der Waals surface area (Å²) in [7, 11) is 3.93. The molecule has 0 saturated heterocycles. The van der Waals surface area contributed by atoms with Crippen molar-refractivity contribution in [1.82, 2.24) is 5.06 Å². The number of hydrogen-bond donors (Lipinski definition) is 2. The van der Waals surface area contributed by atoms with Gasteiger partial charge in [-0.1, -0.05) is 0 Å². The molecule has 0 amide bonds. The first-order valence-corrected chi connectivity index (χ1v) is 8.12. The first kappa shape index (κ1) is 17.0. The van der Waals surface area contributed by atoms with Crippen molar-refractivity contribution >= 4 is 11.4 Å². The zero-order valence-electron chi connectivity index (χ0n) is 14.6. The van der Waals surface area contributed by atoms with Crippen molar-refractivity contribution in [3.05, 3.63) is 48.0 Å². The molecule has 0 aromatic heterocycles. The van der Waals surface area contributed by atoms with Gasteiger partial charge in [-0.25, -0.2) is 0 Å². The summed E-state index contributed by atoms with van der Waals surface area (Å²) in [5.74, 6) is 1.28. The zero-order valence-corrected chi connectivity index (χ0v) is 14.6. The number of ether oxygens (including phenoxy) is 1. The molecule has 6 nitrogen and oxygen atoms in total. The number of hydroxylamine groups is 2. The molecule has 0 aliphatic carbocycles. The van der Waals surface area contributed by atoms with Gasteiger partial charge in [0.05, 0.1) is 6.54 Å². The van der Waals surface area contributed by atoms with Gasteiger partial charge in [-0.05, 0) is 37.3 Å². The van der Waals surface area contributed by atoms with Gasteiger partial charge < -0.3 is 24.7 Å². The minimum Gasteiger partial charge on any atom is -0.508 e. The first-order chi connectivity index (χ1) is 12.0. The van der Waals surface area contributed by atoms with Crippen LogP contribution in [0.15, 0.2) is 42.5 Å². The average molecular weight is 342 g/mol. The van der Waals surface area contributed by atoms with Crippen molar-refractivity contribution in [2.45, 2.75) is 6.92 Å². The molecular formula is C19H22N2O4. The lowest BCUT2D eigenvalue weighted by Gasteiger charge is -2.18. The van der Waals surface area contributed by atoms with E-state index in [1.54, 1.807) is 5.06 Å². The van der Waals surface area contributed by atoms with Crippen LogP contribution in [0.2, 0.25) is 0 Å². The highest BCUT2D eigenvalue weighted by molar-refractivity contribution is 5.73. The molecule has 1 aliphatic heterocycles. The molecule has 0 unspecified atom stereocenters. The molecule has 0 fully saturated rings. The van der Waals surface area contributed by atoms with Gasteiger partial charge in [0.2, 0.25) is 0 Å². The van der Waals surface area contributed by atoms with Crippen molar-refractivity contribution in [2.24, 2.45) is 0 Å². The Morgan fingerprint density at radius 2 is 1.88 bits per heavy atom. The van der Waals surface area contributed by atoms with Crippen molar-refractivity contribution < 1.29 is 19.8 Å². The van der Waals surface area contributed by atoms with Gasteiger partial charge in [0.25, 0.3) is 0 Å². The summed E-state index contributed by atoms with van der Waals surface area (Å²) >= 11 is 0. The van der Waals surface area contributed by atoms with Gasteiger partial charge in [-0.2, -0.15) is 0 Å². The standard InChI is InChI=1S/C19H22N2O4/c1-4-21-10-9-17(25-21)19-16(23)11-14(22)12-18(19)24-15-7-5-13(6-8-15)20(2)3/h5-9,11-12,22-23H,4,10H2,1-3H3. The van der Waals surface area contributed by atoms with Crippen molar-refractivity contribution in [3.63, 3.8) is 0 Å². The Kier molecular flexibility index (Phi) is 4.72. The van der Waals surface area contributed by atoms with Crippen LogP contribution in [-0.2, 0) is 4.84 Å². The Hall–Kier alpha value is -2.86. The Morgan fingerprint density at radius 1 is 1.16 bits per heavy atom. The minimum atomic E-state index is -0.0934. The molecule has 0 radical (unpaired) electrons. The van der Waals surface area contributed by atoms with Crippen LogP contribution in [0.1, 0.15) is 12.5 Å². The summed E-state index contributed by atoms with van der Waals surface area (Å²) in [4.78, 5) is 7.70. The predicted octanol–water partition coefficient (Wildman–Crippen LogP) is 3.56. The molecular weight excluding hydrogens is 320 g/mol. The number of likely N-dealkylation sites (N-methyl/N-ethyl adjacent to an activating group) is 1. The van der Waals surface area contributed by atoms with E-state index < -0.39 is 0 Å². The number of benzene rings is 2. The quantitative estimate of drug-likeness (QED) is 0.866. The van der Waals surface area contributed by atoms with Crippen LogP contribution in [0.25, 0.3) is 5.76 Å². The third kappa shape index (κ3) is 3.64. The summed E-state index contributed by atoms with van der Waals surface area (Å²) in [6, 6.07) is 10.3. The summed E-state index contributed by atoms with van der Waals surface area (Å²) < 4.78 is 5.91. The van der Waals surface area contributed by atoms with Crippen molar-refractivity contribution in [1.29, 1.82) is 0 Å². The molecule has 0 atom stereocenters. The first-order valence-electron chi connectivity index (χ1n) is 8.12. The fourth-order valence-corrected chi connectivity index (χ4v) is 2.59. The zero-order chi connectivity index (χ0) is 18.0. The van der Waals surface area contributed by atoms with Gasteiger partial charge in [0.15, 0.2) is 5.76 Å². The highest BCUT2D eigenvalue weighted by Crippen LogP contribution is 2.41. The van der Waals surface area contributed by atoms with E-state index in [9.17, 15) is 10.2 Å². The molecule has 2 N–H and O–H groups in total. The maximum atomic E-state index is 10.3. The smallest absolute Gasteiger partial charge is 0.159 e. The molecule has 1 aliphatic rings. The van der Waals surface area contributed by atoms with E-state index in [0.717, 1.165) is 12.2 Å². The number of phenols is 2. The third-order valence-corrected chi connectivity index (χ3v) is 3.95. The van der Waals surface area contributed by atoms with Gasteiger partial charge in [-0.3, -0.25) is 0 Å². The van der Waals surface area contributed by atoms with Crippen LogP contribution in [0.4, 0.5) is 5.69 Å². The van der Waals surface area contributed by atoms with Crippen LogP contribution >= 0.6 is 0 Å². The largest absolute Gasteiger partial charge is 0.508 e. The van der Waals surface area contributed by atoms with E-state index in [4.69, 9.17) is 9.57 Å². The average Bonchev–Trinajstić information content (AvgIpc) is 3.03.